The smallest absolute Gasteiger partial charge is 0.123 e. The Labute approximate surface area is 87.6 Å². The Morgan fingerprint density at radius 3 is 2.67 bits per heavy atom. The number of nitrogen functional groups attached to an aromatic ring is 1. The molecule has 0 fully saturated rings. The number of aryl methyl sites for hydroxylation is 1. The average Bonchev–Trinajstić information content (AvgIpc) is 2.23. The molecule has 1 aromatic carbocycles. The second-order valence-electron chi connectivity index (χ2n) is 3.42. The van der Waals surface area contributed by atoms with E-state index >= 15 is 0 Å². The van der Waals surface area contributed by atoms with Gasteiger partial charge < -0.3 is 5.73 Å². The Bertz CT molecular complexity index is 477. The summed E-state index contributed by atoms with van der Waals surface area (Å²) in [5, 5.41) is 0. The molecule has 15 heavy (non-hydrogen) atoms. The van der Waals surface area contributed by atoms with Crippen LogP contribution in [0.15, 0.2) is 36.5 Å². The van der Waals surface area contributed by atoms with Gasteiger partial charge >= 0.3 is 0 Å². The van der Waals surface area contributed by atoms with E-state index in [9.17, 15) is 4.39 Å². The van der Waals surface area contributed by atoms with E-state index in [0.29, 0.717) is 11.3 Å². The standard InChI is InChI=1S/C12H11FN2/c1-8-2-3-9(7-15-8)11-6-10(13)4-5-12(11)14/h2-7H,14H2,1H3. The Kier molecular flexibility index (Phi) is 2.37. The maximum atomic E-state index is 13.0. The maximum absolute atomic E-state index is 13.0. The number of aromatic nitrogens is 1. The van der Waals surface area contributed by atoms with Crippen LogP contribution in [0.3, 0.4) is 0 Å². The minimum atomic E-state index is -0.292. The van der Waals surface area contributed by atoms with Crippen molar-refractivity contribution in [2.24, 2.45) is 0 Å². The molecule has 0 atom stereocenters. The number of anilines is 1. The summed E-state index contributed by atoms with van der Waals surface area (Å²) < 4.78 is 13.0. The molecule has 76 valence electrons. The third-order valence-electron chi connectivity index (χ3n) is 2.24. The van der Waals surface area contributed by atoms with Crippen LogP contribution < -0.4 is 5.73 Å². The van der Waals surface area contributed by atoms with Gasteiger partial charge in [0.2, 0.25) is 0 Å². The van der Waals surface area contributed by atoms with Gasteiger partial charge in [-0.1, -0.05) is 6.07 Å². The molecule has 0 spiro atoms. The molecule has 0 unspecified atom stereocenters. The fraction of sp³-hybridized carbons (Fsp3) is 0.0833. The van der Waals surface area contributed by atoms with E-state index in [-0.39, 0.29) is 5.82 Å². The summed E-state index contributed by atoms with van der Waals surface area (Å²) in [5.41, 5.74) is 8.76. The molecule has 0 saturated heterocycles. The van der Waals surface area contributed by atoms with E-state index in [1.165, 1.54) is 12.1 Å². The summed E-state index contributed by atoms with van der Waals surface area (Å²) in [7, 11) is 0. The van der Waals surface area contributed by atoms with Gasteiger partial charge in [-0.05, 0) is 31.2 Å². The molecule has 2 aromatic rings. The Morgan fingerprint density at radius 1 is 1.20 bits per heavy atom. The monoisotopic (exact) mass is 202 g/mol. The molecule has 0 saturated carbocycles. The van der Waals surface area contributed by atoms with Crippen molar-refractivity contribution >= 4 is 5.69 Å². The topological polar surface area (TPSA) is 38.9 Å². The first-order chi connectivity index (χ1) is 7.16. The highest BCUT2D eigenvalue weighted by molar-refractivity contribution is 5.75. The number of nitrogens with two attached hydrogens (primary N) is 1. The van der Waals surface area contributed by atoms with Crippen LogP contribution in [-0.2, 0) is 0 Å². The van der Waals surface area contributed by atoms with Crippen LogP contribution in [0.1, 0.15) is 5.69 Å². The van der Waals surface area contributed by atoms with E-state index in [1.807, 2.05) is 19.1 Å². The van der Waals surface area contributed by atoms with E-state index < -0.39 is 0 Å². The summed E-state index contributed by atoms with van der Waals surface area (Å²) in [5.74, 6) is -0.292. The van der Waals surface area contributed by atoms with E-state index in [0.717, 1.165) is 11.3 Å². The molecule has 0 amide bonds. The van der Waals surface area contributed by atoms with Crippen LogP contribution in [0.5, 0.6) is 0 Å². The zero-order valence-electron chi connectivity index (χ0n) is 8.37. The second-order valence-corrected chi connectivity index (χ2v) is 3.42. The average molecular weight is 202 g/mol. The Hall–Kier alpha value is -1.90. The first kappa shape index (κ1) is 9.65. The normalized spacial score (nSPS) is 10.3. The Balaban J connectivity index is 2.53. The van der Waals surface area contributed by atoms with Gasteiger partial charge in [0.25, 0.3) is 0 Å². The minimum Gasteiger partial charge on any atom is -0.398 e. The van der Waals surface area contributed by atoms with Crippen LogP contribution >= 0.6 is 0 Å². The molecular weight excluding hydrogens is 191 g/mol. The Morgan fingerprint density at radius 2 is 2.00 bits per heavy atom. The molecule has 2 nitrogen and oxygen atoms in total. The lowest BCUT2D eigenvalue weighted by Crippen LogP contribution is -1.92. The van der Waals surface area contributed by atoms with Gasteiger partial charge in [-0.15, -0.1) is 0 Å². The van der Waals surface area contributed by atoms with Gasteiger partial charge in [0.05, 0.1) is 0 Å². The van der Waals surface area contributed by atoms with Gasteiger partial charge in [0, 0.05) is 28.7 Å². The third-order valence-corrected chi connectivity index (χ3v) is 2.24. The summed E-state index contributed by atoms with van der Waals surface area (Å²) >= 11 is 0. The van der Waals surface area contributed by atoms with Crippen molar-refractivity contribution in [1.82, 2.24) is 4.98 Å². The third kappa shape index (κ3) is 1.96. The molecule has 1 aromatic heterocycles. The molecule has 3 heteroatoms. The highest BCUT2D eigenvalue weighted by Crippen LogP contribution is 2.25. The van der Waals surface area contributed by atoms with Crippen LogP contribution in [0, 0.1) is 12.7 Å². The first-order valence-electron chi connectivity index (χ1n) is 4.65. The van der Waals surface area contributed by atoms with Crippen molar-refractivity contribution in [3.8, 4) is 11.1 Å². The number of hydrogen-bond donors (Lipinski definition) is 1. The summed E-state index contributed by atoms with van der Waals surface area (Å²) in [6.07, 6.45) is 1.69. The van der Waals surface area contributed by atoms with Crippen molar-refractivity contribution in [3.05, 3.63) is 48.0 Å². The molecular formula is C12H11FN2. The largest absolute Gasteiger partial charge is 0.398 e. The minimum absolute atomic E-state index is 0.292. The van der Waals surface area contributed by atoms with Gasteiger partial charge in [0.1, 0.15) is 5.82 Å². The lowest BCUT2D eigenvalue weighted by Gasteiger charge is -2.05. The van der Waals surface area contributed by atoms with Crippen molar-refractivity contribution in [3.63, 3.8) is 0 Å². The number of rotatable bonds is 1. The lowest BCUT2D eigenvalue weighted by atomic mass is 10.1. The molecule has 2 rings (SSSR count). The number of halogens is 1. The number of pyridine rings is 1. The number of hydrogen-bond acceptors (Lipinski definition) is 2. The first-order valence-corrected chi connectivity index (χ1v) is 4.65. The molecule has 1 heterocycles. The quantitative estimate of drug-likeness (QED) is 0.722. The zero-order chi connectivity index (χ0) is 10.8. The van der Waals surface area contributed by atoms with E-state index in [4.69, 9.17) is 5.73 Å². The summed E-state index contributed by atoms with van der Waals surface area (Å²) in [4.78, 5) is 4.15. The van der Waals surface area contributed by atoms with E-state index in [2.05, 4.69) is 4.98 Å². The highest BCUT2D eigenvalue weighted by atomic mass is 19.1. The van der Waals surface area contributed by atoms with E-state index in [1.54, 1.807) is 12.3 Å². The zero-order valence-corrected chi connectivity index (χ0v) is 8.37. The van der Waals surface area contributed by atoms with Gasteiger partial charge in [-0.25, -0.2) is 4.39 Å². The second kappa shape index (κ2) is 3.69. The SMILES string of the molecule is Cc1ccc(-c2cc(F)ccc2N)cn1. The number of benzene rings is 1. The molecule has 0 bridgehead atoms. The lowest BCUT2D eigenvalue weighted by molar-refractivity contribution is 0.628. The fourth-order valence-electron chi connectivity index (χ4n) is 1.41. The predicted molar refractivity (Wildman–Crippen MR) is 58.8 cm³/mol. The van der Waals surface area contributed by atoms with Crippen molar-refractivity contribution < 1.29 is 4.39 Å². The fourth-order valence-corrected chi connectivity index (χ4v) is 1.41. The summed E-state index contributed by atoms with van der Waals surface area (Å²) in [6.45, 7) is 1.90. The van der Waals surface area contributed by atoms with Gasteiger partial charge in [-0.2, -0.15) is 0 Å². The van der Waals surface area contributed by atoms with Crippen LogP contribution in [0.2, 0.25) is 0 Å². The van der Waals surface area contributed by atoms with Crippen molar-refractivity contribution in [2.45, 2.75) is 6.92 Å². The highest BCUT2D eigenvalue weighted by Gasteiger charge is 2.04. The molecule has 0 aliphatic carbocycles. The van der Waals surface area contributed by atoms with Crippen LogP contribution in [0.4, 0.5) is 10.1 Å². The molecule has 2 N–H and O–H groups in total. The van der Waals surface area contributed by atoms with Crippen LogP contribution in [0.25, 0.3) is 11.1 Å². The van der Waals surface area contributed by atoms with Gasteiger partial charge in [0.15, 0.2) is 0 Å². The summed E-state index contributed by atoms with van der Waals surface area (Å²) in [6, 6.07) is 8.08. The molecule has 0 aliphatic rings. The molecule has 0 radical (unpaired) electrons. The predicted octanol–water partition coefficient (Wildman–Crippen LogP) is 2.78. The van der Waals surface area contributed by atoms with Crippen molar-refractivity contribution in [2.75, 3.05) is 5.73 Å². The number of nitrogens with zero attached hydrogens (tertiary/aromatic N) is 1. The van der Waals surface area contributed by atoms with Gasteiger partial charge in [-0.3, -0.25) is 4.98 Å². The maximum Gasteiger partial charge on any atom is 0.123 e. The van der Waals surface area contributed by atoms with Crippen LogP contribution in [-0.4, -0.2) is 4.98 Å². The van der Waals surface area contributed by atoms with Crippen molar-refractivity contribution in [1.29, 1.82) is 0 Å². The molecule has 0 aliphatic heterocycles.